The summed E-state index contributed by atoms with van der Waals surface area (Å²) in [5.74, 6) is 0. The zero-order valence-electron chi connectivity index (χ0n) is 6.24. The number of aromatic nitrogens is 2. The number of thiazole rings is 1. The molecule has 2 heterocycles. The number of aryl methyl sites for hydroxylation is 1. The van der Waals surface area contributed by atoms with Gasteiger partial charge in [-0.2, -0.15) is 0 Å². The molecule has 2 nitrogen and oxygen atoms in total. The monoisotopic (exact) mass is 162 g/mol. The van der Waals surface area contributed by atoms with Gasteiger partial charge in [0.2, 0.25) is 0 Å². The molecule has 2 rings (SSSR count). The third kappa shape index (κ3) is 0.978. The molecular weight excluding hydrogens is 155 g/mol. The molecule has 0 saturated carbocycles. The summed E-state index contributed by atoms with van der Waals surface area (Å²) in [7, 11) is 5.51. The van der Waals surface area contributed by atoms with Gasteiger partial charge in [-0.05, 0) is 13.2 Å². The molecule has 0 saturated heterocycles. The molecule has 2 aromatic rings. The van der Waals surface area contributed by atoms with Crippen LogP contribution in [0.3, 0.4) is 0 Å². The van der Waals surface area contributed by atoms with Crippen molar-refractivity contribution in [1.82, 2.24) is 9.38 Å². The Hall–Kier alpha value is -0.765. The molecule has 0 N–H and O–H groups in total. The van der Waals surface area contributed by atoms with Crippen LogP contribution in [0.5, 0.6) is 0 Å². The fourth-order valence-corrected chi connectivity index (χ4v) is 1.91. The van der Waals surface area contributed by atoms with Crippen LogP contribution in [0.25, 0.3) is 4.96 Å². The molecule has 54 valence electrons. The SMILES string of the molecule is [B]Cc1cnc2sc(C)cn12. The molecule has 0 aliphatic rings. The lowest BCUT2D eigenvalue weighted by molar-refractivity contribution is 1.10. The van der Waals surface area contributed by atoms with E-state index in [0.717, 1.165) is 10.7 Å². The van der Waals surface area contributed by atoms with Gasteiger partial charge >= 0.3 is 0 Å². The van der Waals surface area contributed by atoms with Crippen molar-refractivity contribution in [3.63, 3.8) is 0 Å². The summed E-state index contributed by atoms with van der Waals surface area (Å²) in [6.07, 6.45) is 4.44. The highest BCUT2D eigenvalue weighted by Crippen LogP contribution is 2.17. The first kappa shape index (κ1) is 6.92. The maximum Gasteiger partial charge on any atom is 0.194 e. The fourth-order valence-electron chi connectivity index (χ4n) is 1.09. The minimum atomic E-state index is 0.553. The summed E-state index contributed by atoms with van der Waals surface area (Å²) in [6, 6.07) is 0. The normalized spacial score (nSPS) is 11.0. The lowest BCUT2D eigenvalue weighted by atomic mass is 10.0. The van der Waals surface area contributed by atoms with Crippen LogP contribution in [0.15, 0.2) is 12.4 Å². The van der Waals surface area contributed by atoms with Crippen molar-refractivity contribution in [3.05, 3.63) is 23.0 Å². The highest BCUT2D eigenvalue weighted by atomic mass is 32.1. The largest absolute Gasteiger partial charge is 0.295 e. The van der Waals surface area contributed by atoms with Crippen LogP contribution < -0.4 is 0 Å². The van der Waals surface area contributed by atoms with Gasteiger partial charge in [-0.3, -0.25) is 4.40 Å². The summed E-state index contributed by atoms with van der Waals surface area (Å²) < 4.78 is 2.04. The van der Waals surface area contributed by atoms with Crippen LogP contribution in [0, 0.1) is 6.92 Å². The molecule has 0 bridgehead atoms. The van der Waals surface area contributed by atoms with Crippen molar-refractivity contribution in [3.8, 4) is 0 Å². The molecule has 0 fully saturated rings. The van der Waals surface area contributed by atoms with E-state index in [2.05, 4.69) is 18.1 Å². The van der Waals surface area contributed by atoms with Gasteiger partial charge in [0.25, 0.3) is 0 Å². The van der Waals surface area contributed by atoms with Gasteiger partial charge in [0.15, 0.2) is 4.96 Å². The quantitative estimate of drug-likeness (QED) is 0.579. The van der Waals surface area contributed by atoms with Crippen LogP contribution >= 0.6 is 11.3 Å². The Balaban J connectivity index is 2.73. The van der Waals surface area contributed by atoms with Crippen molar-refractivity contribution in [2.75, 3.05) is 0 Å². The molecule has 2 radical (unpaired) electrons. The average molecular weight is 162 g/mol. The summed E-state index contributed by atoms with van der Waals surface area (Å²) in [5.41, 5.74) is 1.07. The summed E-state index contributed by atoms with van der Waals surface area (Å²) in [5, 5.41) is 0. The van der Waals surface area contributed by atoms with E-state index >= 15 is 0 Å². The molecular formula is C7H7BN2S. The minimum Gasteiger partial charge on any atom is -0.295 e. The smallest absolute Gasteiger partial charge is 0.194 e. The molecule has 2 aromatic heterocycles. The zero-order chi connectivity index (χ0) is 7.84. The number of hydrogen-bond acceptors (Lipinski definition) is 2. The molecule has 4 heteroatoms. The standard InChI is InChI=1S/C7H7BN2S/c1-5-4-10-6(2-8)3-9-7(10)11-5/h3-4H,2H2,1H3. The maximum atomic E-state index is 5.51. The molecule has 0 spiro atoms. The third-order valence-corrected chi connectivity index (χ3v) is 2.52. The zero-order valence-corrected chi connectivity index (χ0v) is 7.06. The van der Waals surface area contributed by atoms with Crippen molar-refractivity contribution in [2.24, 2.45) is 0 Å². The van der Waals surface area contributed by atoms with E-state index in [1.165, 1.54) is 4.88 Å². The Bertz CT molecular complexity index is 377. The van der Waals surface area contributed by atoms with Gasteiger partial charge in [0.05, 0.1) is 7.85 Å². The predicted molar refractivity (Wildman–Crippen MR) is 47.3 cm³/mol. The molecule has 11 heavy (non-hydrogen) atoms. The lowest BCUT2D eigenvalue weighted by Crippen LogP contribution is -1.87. The van der Waals surface area contributed by atoms with E-state index in [1.54, 1.807) is 11.3 Å². The van der Waals surface area contributed by atoms with Crippen LogP contribution in [0.2, 0.25) is 0 Å². The van der Waals surface area contributed by atoms with Gasteiger partial charge in [-0.1, -0.05) is 0 Å². The first-order chi connectivity index (χ1) is 5.31. The van der Waals surface area contributed by atoms with E-state index in [4.69, 9.17) is 7.85 Å². The first-order valence-electron chi connectivity index (χ1n) is 3.43. The number of rotatable bonds is 1. The van der Waals surface area contributed by atoms with Crippen molar-refractivity contribution < 1.29 is 0 Å². The second-order valence-corrected chi connectivity index (χ2v) is 3.66. The van der Waals surface area contributed by atoms with Gasteiger partial charge in [0.1, 0.15) is 0 Å². The average Bonchev–Trinajstić information content (AvgIpc) is 2.45. The van der Waals surface area contributed by atoms with E-state index in [0.29, 0.717) is 6.32 Å². The van der Waals surface area contributed by atoms with E-state index in [1.807, 2.05) is 10.6 Å². The van der Waals surface area contributed by atoms with Crippen molar-refractivity contribution in [1.29, 1.82) is 0 Å². The number of fused-ring (bicyclic) bond motifs is 1. The van der Waals surface area contributed by atoms with E-state index in [-0.39, 0.29) is 0 Å². The Morgan fingerprint density at radius 2 is 2.55 bits per heavy atom. The predicted octanol–water partition coefficient (Wildman–Crippen LogP) is 1.37. The van der Waals surface area contributed by atoms with Gasteiger partial charge < -0.3 is 0 Å². The van der Waals surface area contributed by atoms with E-state index in [9.17, 15) is 0 Å². The number of imidazole rings is 1. The molecule has 0 aliphatic carbocycles. The first-order valence-corrected chi connectivity index (χ1v) is 4.25. The second-order valence-electron chi connectivity index (χ2n) is 2.45. The van der Waals surface area contributed by atoms with Crippen LogP contribution in [-0.2, 0) is 6.32 Å². The van der Waals surface area contributed by atoms with E-state index < -0.39 is 0 Å². The Morgan fingerprint density at radius 3 is 3.27 bits per heavy atom. The highest BCUT2D eigenvalue weighted by Gasteiger charge is 2.02. The topological polar surface area (TPSA) is 17.3 Å². The van der Waals surface area contributed by atoms with Gasteiger partial charge in [-0.15, -0.1) is 11.3 Å². The highest BCUT2D eigenvalue weighted by molar-refractivity contribution is 7.16. The number of nitrogens with zero attached hydrogens (tertiary/aromatic N) is 2. The maximum absolute atomic E-state index is 5.51. The molecule has 0 aromatic carbocycles. The molecule has 0 atom stereocenters. The number of hydrogen-bond donors (Lipinski definition) is 0. The summed E-state index contributed by atoms with van der Waals surface area (Å²) in [4.78, 5) is 6.51. The molecule has 0 aliphatic heterocycles. The Labute approximate surface area is 70.3 Å². The van der Waals surface area contributed by atoms with Gasteiger partial charge in [0, 0.05) is 23.0 Å². The second kappa shape index (κ2) is 2.38. The molecule has 0 unspecified atom stereocenters. The molecule has 0 amide bonds. The minimum absolute atomic E-state index is 0.553. The summed E-state index contributed by atoms with van der Waals surface area (Å²) >= 11 is 1.68. The Morgan fingerprint density at radius 1 is 1.73 bits per heavy atom. The van der Waals surface area contributed by atoms with Crippen LogP contribution in [0.4, 0.5) is 0 Å². The van der Waals surface area contributed by atoms with Crippen molar-refractivity contribution in [2.45, 2.75) is 13.2 Å². The van der Waals surface area contributed by atoms with Gasteiger partial charge in [-0.25, -0.2) is 4.98 Å². The lowest BCUT2D eigenvalue weighted by Gasteiger charge is -1.89. The fraction of sp³-hybridized carbons (Fsp3) is 0.286. The van der Waals surface area contributed by atoms with Crippen LogP contribution in [-0.4, -0.2) is 17.2 Å². The summed E-state index contributed by atoms with van der Waals surface area (Å²) in [6.45, 7) is 2.07. The Kier molecular flexibility index (Phi) is 1.49. The van der Waals surface area contributed by atoms with Crippen LogP contribution in [0.1, 0.15) is 10.6 Å². The third-order valence-electron chi connectivity index (χ3n) is 1.61. The van der Waals surface area contributed by atoms with Crippen molar-refractivity contribution >= 4 is 24.1 Å².